The molecule has 2 aliphatic rings. The Bertz CT molecular complexity index is 1670. The van der Waals surface area contributed by atoms with Crippen LogP contribution in [0.3, 0.4) is 0 Å². The summed E-state index contributed by atoms with van der Waals surface area (Å²) in [6.07, 6.45) is 10.1. The normalized spacial score (nSPS) is 17.3. The molecule has 210 valence electrons. The Morgan fingerprint density at radius 1 is 1.20 bits per heavy atom. The monoisotopic (exact) mass is 556 g/mol. The van der Waals surface area contributed by atoms with Gasteiger partial charge in [-0.1, -0.05) is 0 Å². The Balaban J connectivity index is 1.17. The van der Waals surface area contributed by atoms with Crippen molar-refractivity contribution in [3.05, 3.63) is 65.8 Å². The number of piperidine rings is 1. The molecule has 0 spiro atoms. The summed E-state index contributed by atoms with van der Waals surface area (Å²) in [5.74, 6) is -1.36. The molecule has 0 bridgehead atoms. The van der Waals surface area contributed by atoms with Crippen LogP contribution >= 0.6 is 0 Å². The number of aromatic nitrogens is 5. The van der Waals surface area contributed by atoms with Crippen LogP contribution < -0.4 is 0 Å². The number of aromatic amines is 1. The number of aryl methyl sites for hydroxylation is 1. The molecule has 2 fully saturated rings. The van der Waals surface area contributed by atoms with Crippen molar-refractivity contribution < 1.29 is 18.7 Å². The zero-order valence-corrected chi connectivity index (χ0v) is 22.8. The third-order valence-corrected chi connectivity index (χ3v) is 8.31. The highest BCUT2D eigenvalue weighted by Gasteiger charge is 2.48. The fourth-order valence-corrected chi connectivity index (χ4v) is 6.07. The Labute approximate surface area is 235 Å². The summed E-state index contributed by atoms with van der Waals surface area (Å²) < 4.78 is 21.3. The molecule has 2 aliphatic heterocycles. The third kappa shape index (κ3) is 4.52. The van der Waals surface area contributed by atoms with Gasteiger partial charge in [-0.05, 0) is 31.9 Å². The number of methoxy groups -OCH3 is 1. The molecule has 6 heterocycles. The van der Waals surface area contributed by atoms with Crippen molar-refractivity contribution in [2.45, 2.75) is 37.8 Å². The van der Waals surface area contributed by atoms with E-state index >= 15 is 0 Å². The topological polar surface area (TPSA) is 133 Å². The van der Waals surface area contributed by atoms with Crippen LogP contribution in [0.25, 0.3) is 22.2 Å². The molecule has 41 heavy (non-hydrogen) atoms. The van der Waals surface area contributed by atoms with Crippen molar-refractivity contribution in [3.8, 4) is 17.2 Å². The van der Waals surface area contributed by atoms with Gasteiger partial charge in [0.05, 0.1) is 42.6 Å². The minimum atomic E-state index is -0.565. The van der Waals surface area contributed by atoms with Crippen LogP contribution in [0, 0.1) is 24.1 Å². The number of amides is 1. The number of nitriles is 1. The van der Waals surface area contributed by atoms with E-state index in [0.29, 0.717) is 43.0 Å². The SMILES string of the molecule is COC(=O)c1cnc2[nH]ccc2c1-c1cnn(C2(CC#N)CN(C3CCN(C(=O)c4ccnc(C)c4F)CC3)C2)c1. The van der Waals surface area contributed by atoms with Crippen molar-refractivity contribution in [2.75, 3.05) is 33.3 Å². The average Bonchev–Trinajstić information content (AvgIpc) is 3.65. The number of rotatable bonds is 6. The smallest absolute Gasteiger partial charge is 0.340 e. The van der Waals surface area contributed by atoms with Gasteiger partial charge in [0.15, 0.2) is 5.82 Å². The van der Waals surface area contributed by atoms with E-state index in [1.807, 2.05) is 16.9 Å². The fraction of sp³-hybridized carbons (Fsp3) is 0.379. The number of likely N-dealkylation sites (tertiary alicyclic amines) is 2. The van der Waals surface area contributed by atoms with Crippen LogP contribution in [-0.2, 0) is 10.3 Å². The van der Waals surface area contributed by atoms with Gasteiger partial charge >= 0.3 is 5.97 Å². The number of carbonyl (C=O) groups excluding carboxylic acids is 2. The number of pyridine rings is 2. The zero-order chi connectivity index (χ0) is 28.7. The maximum absolute atomic E-state index is 14.5. The Kier molecular flexibility index (Phi) is 6.75. The lowest BCUT2D eigenvalue weighted by molar-refractivity contribution is -0.0412. The van der Waals surface area contributed by atoms with Crippen LogP contribution in [0.2, 0.25) is 0 Å². The number of ether oxygens (including phenoxy) is 1. The van der Waals surface area contributed by atoms with Crippen molar-refractivity contribution in [1.82, 2.24) is 34.5 Å². The van der Waals surface area contributed by atoms with E-state index in [1.165, 1.54) is 25.6 Å². The van der Waals surface area contributed by atoms with E-state index in [9.17, 15) is 19.2 Å². The Hall–Kier alpha value is -4.63. The maximum Gasteiger partial charge on any atom is 0.340 e. The number of nitrogens with one attached hydrogen (secondary N) is 1. The quantitative estimate of drug-likeness (QED) is 0.358. The summed E-state index contributed by atoms with van der Waals surface area (Å²) >= 11 is 0. The van der Waals surface area contributed by atoms with Gasteiger partial charge in [-0.3, -0.25) is 19.4 Å². The van der Waals surface area contributed by atoms with Gasteiger partial charge in [-0.2, -0.15) is 10.4 Å². The minimum Gasteiger partial charge on any atom is -0.465 e. The first-order valence-electron chi connectivity index (χ1n) is 13.5. The molecule has 4 aromatic heterocycles. The average molecular weight is 557 g/mol. The molecular formula is C29H29FN8O3. The van der Waals surface area contributed by atoms with Crippen molar-refractivity contribution >= 4 is 22.9 Å². The molecule has 0 saturated carbocycles. The second-order valence-electron chi connectivity index (χ2n) is 10.7. The first kappa shape index (κ1) is 26.6. The second kappa shape index (κ2) is 10.4. The predicted octanol–water partition coefficient (Wildman–Crippen LogP) is 3.28. The third-order valence-electron chi connectivity index (χ3n) is 8.31. The summed E-state index contributed by atoms with van der Waals surface area (Å²) in [4.78, 5) is 40.8. The zero-order valence-electron chi connectivity index (χ0n) is 22.8. The summed E-state index contributed by atoms with van der Waals surface area (Å²) in [6.45, 7) is 3.89. The molecule has 6 rings (SSSR count). The first-order chi connectivity index (χ1) is 19.8. The van der Waals surface area contributed by atoms with Gasteiger partial charge in [0.25, 0.3) is 5.91 Å². The maximum atomic E-state index is 14.5. The summed E-state index contributed by atoms with van der Waals surface area (Å²) in [5.41, 5.74) is 2.16. The standard InChI is InChI=1S/C29H29FN8O3/c1-18-25(30)22(4-9-32-18)27(39)36-11-5-20(6-12-36)37-16-29(17-37,7-8-31)38-15-19(13-35-38)24-21-3-10-33-26(21)34-14-23(24)28(40)41-2/h3-4,9-10,13-15,20H,5-7,11-12,16-17H2,1-2H3,(H,33,34). The molecule has 0 radical (unpaired) electrons. The number of halogens is 1. The minimum absolute atomic E-state index is 0.0592. The number of hydrogen-bond donors (Lipinski definition) is 1. The van der Waals surface area contributed by atoms with Crippen molar-refractivity contribution in [2.24, 2.45) is 0 Å². The largest absolute Gasteiger partial charge is 0.465 e. The number of nitrogens with zero attached hydrogens (tertiary/aromatic N) is 7. The van der Waals surface area contributed by atoms with Gasteiger partial charge in [0.2, 0.25) is 0 Å². The molecule has 11 nitrogen and oxygen atoms in total. The highest BCUT2D eigenvalue weighted by Crippen LogP contribution is 2.38. The Morgan fingerprint density at radius 2 is 1.98 bits per heavy atom. The van der Waals surface area contributed by atoms with Crippen LogP contribution in [-0.4, -0.2) is 85.7 Å². The molecule has 0 unspecified atom stereocenters. The van der Waals surface area contributed by atoms with E-state index in [2.05, 4.69) is 31.0 Å². The molecule has 0 aromatic carbocycles. The predicted molar refractivity (Wildman–Crippen MR) is 146 cm³/mol. The number of carbonyl (C=O) groups is 2. The van der Waals surface area contributed by atoms with E-state index in [4.69, 9.17) is 4.74 Å². The molecule has 1 amide bonds. The van der Waals surface area contributed by atoms with Crippen molar-refractivity contribution in [1.29, 1.82) is 5.26 Å². The van der Waals surface area contributed by atoms with Crippen LogP contribution in [0.1, 0.15) is 45.7 Å². The molecular weight excluding hydrogens is 527 g/mol. The molecule has 0 atom stereocenters. The van der Waals surface area contributed by atoms with E-state index in [1.54, 1.807) is 24.2 Å². The number of fused-ring (bicyclic) bond motifs is 1. The highest BCUT2D eigenvalue weighted by molar-refractivity contribution is 6.06. The molecule has 1 N–H and O–H groups in total. The van der Waals surface area contributed by atoms with Gasteiger partial charge in [0, 0.05) is 73.5 Å². The first-order valence-corrected chi connectivity index (χ1v) is 13.5. The van der Waals surface area contributed by atoms with Crippen molar-refractivity contribution in [3.63, 3.8) is 0 Å². The van der Waals surface area contributed by atoms with E-state index in [0.717, 1.165) is 23.8 Å². The molecule has 4 aromatic rings. The molecule has 2 saturated heterocycles. The van der Waals surface area contributed by atoms with Gasteiger partial charge < -0.3 is 14.6 Å². The molecule has 0 aliphatic carbocycles. The molecule has 12 heteroatoms. The second-order valence-corrected chi connectivity index (χ2v) is 10.7. The number of H-pyrrole nitrogens is 1. The van der Waals surface area contributed by atoms with Gasteiger partial charge in [-0.25, -0.2) is 14.2 Å². The van der Waals surface area contributed by atoms with E-state index in [-0.39, 0.29) is 29.6 Å². The Morgan fingerprint density at radius 3 is 2.71 bits per heavy atom. The highest BCUT2D eigenvalue weighted by atomic mass is 19.1. The number of esters is 1. The number of hydrogen-bond acceptors (Lipinski definition) is 8. The lowest BCUT2D eigenvalue weighted by Crippen LogP contribution is -2.66. The van der Waals surface area contributed by atoms with Crippen LogP contribution in [0.5, 0.6) is 0 Å². The van der Waals surface area contributed by atoms with Gasteiger partial charge in [0.1, 0.15) is 11.2 Å². The lowest BCUT2D eigenvalue weighted by atomic mass is 9.83. The fourth-order valence-electron chi connectivity index (χ4n) is 6.07. The van der Waals surface area contributed by atoms with E-state index < -0.39 is 17.3 Å². The van der Waals surface area contributed by atoms with Crippen LogP contribution in [0.15, 0.2) is 43.1 Å². The van der Waals surface area contributed by atoms with Crippen LogP contribution in [0.4, 0.5) is 4.39 Å². The van der Waals surface area contributed by atoms with Gasteiger partial charge in [-0.15, -0.1) is 0 Å². The summed E-state index contributed by atoms with van der Waals surface area (Å²) in [7, 11) is 1.33. The lowest BCUT2D eigenvalue weighted by Gasteiger charge is -2.53. The summed E-state index contributed by atoms with van der Waals surface area (Å²) in [6, 6.07) is 5.86. The summed E-state index contributed by atoms with van der Waals surface area (Å²) in [5, 5.41) is 15.1.